The average molecular weight is 391 g/mol. The zero-order chi connectivity index (χ0) is 18.6. The van der Waals surface area contributed by atoms with Crippen molar-refractivity contribution in [2.45, 2.75) is 0 Å². The minimum Gasteiger partial charge on any atom is -0.285 e. The standard InChI is InChI=1S/C22H15ClN2OS/c23-18-12-7-13-19(14-18)25-20(16-8-3-1-4-9-16)15-27-22(25)24-21(26)17-10-5-2-6-11-17/h1-15H. The molecule has 0 saturated heterocycles. The summed E-state index contributed by atoms with van der Waals surface area (Å²) >= 11 is 7.63. The normalized spacial score (nSPS) is 11.5. The van der Waals surface area contributed by atoms with Crippen LogP contribution in [0.15, 0.2) is 95.3 Å². The lowest BCUT2D eigenvalue weighted by atomic mass is 10.1. The van der Waals surface area contributed by atoms with Gasteiger partial charge in [0.1, 0.15) is 0 Å². The van der Waals surface area contributed by atoms with E-state index in [1.807, 2.05) is 82.7 Å². The molecule has 3 nitrogen and oxygen atoms in total. The molecule has 1 amide bonds. The van der Waals surface area contributed by atoms with E-state index in [0.29, 0.717) is 15.4 Å². The minimum absolute atomic E-state index is 0.271. The summed E-state index contributed by atoms with van der Waals surface area (Å²) in [5, 5.41) is 2.64. The summed E-state index contributed by atoms with van der Waals surface area (Å²) < 4.78 is 1.96. The molecule has 0 aliphatic heterocycles. The summed E-state index contributed by atoms with van der Waals surface area (Å²) in [6.07, 6.45) is 0. The van der Waals surface area contributed by atoms with Crippen LogP contribution in [0.1, 0.15) is 10.4 Å². The largest absolute Gasteiger partial charge is 0.285 e. The van der Waals surface area contributed by atoms with Crippen LogP contribution in [0.3, 0.4) is 0 Å². The fraction of sp³-hybridized carbons (Fsp3) is 0. The number of amides is 1. The van der Waals surface area contributed by atoms with Crippen molar-refractivity contribution in [2.24, 2.45) is 4.99 Å². The highest BCUT2D eigenvalue weighted by molar-refractivity contribution is 7.07. The molecule has 0 bridgehead atoms. The van der Waals surface area contributed by atoms with E-state index in [9.17, 15) is 4.79 Å². The van der Waals surface area contributed by atoms with Gasteiger partial charge >= 0.3 is 0 Å². The summed E-state index contributed by atoms with van der Waals surface area (Å²) in [6.45, 7) is 0. The molecule has 0 unspecified atom stereocenters. The lowest BCUT2D eigenvalue weighted by Crippen LogP contribution is -2.16. The third kappa shape index (κ3) is 3.77. The van der Waals surface area contributed by atoms with Gasteiger partial charge in [0.15, 0.2) is 4.80 Å². The van der Waals surface area contributed by atoms with Crippen molar-refractivity contribution in [3.05, 3.63) is 106 Å². The van der Waals surface area contributed by atoms with Crippen molar-refractivity contribution in [1.82, 2.24) is 4.57 Å². The molecule has 3 aromatic carbocycles. The van der Waals surface area contributed by atoms with E-state index < -0.39 is 0 Å². The number of carbonyl (C=O) groups excluding carboxylic acids is 1. The summed E-state index contributed by atoms with van der Waals surface area (Å²) in [7, 11) is 0. The number of rotatable bonds is 3. The third-order valence-corrected chi connectivity index (χ3v) is 5.12. The zero-order valence-electron chi connectivity index (χ0n) is 14.2. The highest BCUT2D eigenvalue weighted by atomic mass is 35.5. The molecular formula is C22H15ClN2OS. The van der Waals surface area contributed by atoms with Gasteiger partial charge in [-0.3, -0.25) is 9.36 Å². The molecule has 0 fully saturated rings. The molecule has 0 radical (unpaired) electrons. The van der Waals surface area contributed by atoms with Gasteiger partial charge in [-0.05, 0) is 35.9 Å². The molecule has 0 atom stereocenters. The van der Waals surface area contributed by atoms with Crippen LogP contribution >= 0.6 is 22.9 Å². The molecule has 27 heavy (non-hydrogen) atoms. The molecule has 0 N–H and O–H groups in total. The fourth-order valence-corrected chi connectivity index (χ4v) is 3.88. The molecule has 0 aliphatic carbocycles. The van der Waals surface area contributed by atoms with E-state index in [1.54, 1.807) is 12.1 Å². The Hall–Kier alpha value is -2.95. The number of aromatic nitrogens is 1. The SMILES string of the molecule is O=C(N=c1scc(-c2ccccc2)n1-c1cccc(Cl)c1)c1ccccc1. The van der Waals surface area contributed by atoms with Crippen molar-refractivity contribution < 1.29 is 4.79 Å². The Balaban J connectivity index is 1.91. The van der Waals surface area contributed by atoms with Gasteiger partial charge < -0.3 is 0 Å². The molecule has 4 aromatic rings. The van der Waals surface area contributed by atoms with Crippen LogP contribution in [0.5, 0.6) is 0 Å². The lowest BCUT2D eigenvalue weighted by molar-refractivity contribution is 0.0998. The highest BCUT2D eigenvalue weighted by Gasteiger charge is 2.12. The quantitative estimate of drug-likeness (QED) is 0.448. The van der Waals surface area contributed by atoms with Crippen LogP contribution in [0.25, 0.3) is 16.9 Å². The van der Waals surface area contributed by atoms with Crippen LogP contribution in [-0.2, 0) is 0 Å². The first-order valence-corrected chi connectivity index (χ1v) is 9.64. The first kappa shape index (κ1) is 17.5. The second kappa shape index (κ2) is 7.74. The molecule has 4 rings (SSSR count). The summed E-state index contributed by atoms with van der Waals surface area (Å²) in [6, 6.07) is 26.6. The predicted molar refractivity (Wildman–Crippen MR) is 110 cm³/mol. The van der Waals surface area contributed by atoms with Crippen LogP contribution in [0, 0.1) is 0 Å². The Bertz CT molecular complexity index is 1150. The summed E-state index contributed by atoms with van der Waals surface area (Å²) in [5.41, 5.74) is 3.43. The van der Waals surface area contributed by atoms with E-state index in [1.165, 1.54) is 11.3 Å². The molecule has 1 aromatic heterocycles. The number of halogens is 1. The maximum Gasteiger partial charge on any atom is 0.279 e. The van der Waals surface area contributed by atoms with Gasteiger partial charge in [-0.1, -0.05) is 66.2 Å². The minimum atomic E-state index is -0.271. The van der Waals surface area contributed by atoms with E-state index in [-0.39, 0.29) is 5.91 Å². The number of nitrogens with zero attached hydrogens (tertiary/aromatic N) is 2. The molecule has 0 spiro atoms. The van der Waals surface area contributed by atoms with Crippen molar-refractivity contribution in [3.63, 3.8) is 0 Å². The molecule has 132 valence electrons. The summed E-state index contributed by atoms with van der Waals surface area (Å²) in [4.78, 5) is 17.6. The van der Waals surface area contributed by atoms with Crippen LogP contribution in [0.4, 0.5) is 0 Å². The lowest BCUT2D eigenvalue weighted by Gasteiger charge is -2.09. The topological polar surface area (TPSA) is 34.4 Å². The predicted octanol–water partition coefficient (Wildman–Crippen LogP) is 5.60. The number of thiazole rings is 1. The Kier molecular flexibility index (Phi) is 5.01. The smallest absolute Gasteiger partial charge is 0.279 e. The van der Waals surface area contributed by atoms with Gasteiger partial charge in [-0.2, -0.15) is 4.99 Å². The molecular weight excluding hydrogens is 376 g/mol. The molecule has 1 heterocycles. The number of benzene rings is 3. The Labute approximate surface area is 165 Å². The third-order valence-electron chi connectivity index (χ3n) is 4.06. The Morgan fingerprint density at radius 3 is 2.30 bits per heavy atom. The fourth-order valence-electron chi connectivity index (χ4n) is 2.80. The van der Waals surface area contributed by atoms with E-state index in [4.69, 9.17) is 11.6 Å². The van der Waals surface area contributed by atoms with Crippen LogP contribution < -0.4 is 4.80 Å². The highest BCUT2D eigenvalue weighted by Crippen LogP contribution is 2.24. The van der Waals surface area contributed by atoms with E-state index >= 15 is 0 Å². The first-order chi connectivity index (χ1) is 13.2. The van der Waals surface area contributed by atoms with Crippen molar-refractivity contribution in [3.8, 4) is 16.9 Å². The van der Waals surface area contributed by atoms with Crippen LogP contribution in [-0.4, -0.2) is 10.5 Å². The maximum absolute atomic E-state index is 12.6. The number of hydrogen-bond donors (Lipinski definition) is 0. The Morgan fingerprint density at radius 1 is 0.889 bits per heavy atom. The second-order valence-electron chi connectivity index (χ2n) is 5.87. The number of hydrogen-bond acceptors (Lipinski definition) is 2. The average Bonchev–Trinajstić information content (AvgIpc) is 3.13. The van der Waals surface area contributed by atoms with Gasteiger partial charge in [-0.25, -0.2) is 0 Å². The van der Waals surface area contributed by atoms with Gasteiger partial charge in [0.25, 0.3) is 5.91 Å². The van der Waals surface area contributed by atoms with Gasteiger partial charge in [0.2, 0.25) is 0 Å². The van der Waals surface area contributed by atoms with E-state index in [2.05, 4.69) is 4.99 Å². The zero-order valence-corrected chi connectivity index (χ0v) is 15.8. The monoisotopic (exact) mass is 390 g/mol. The second-order valence-corrected chi connectivity index (χ2v) is 7.14. The molecule has 0 saturated carbocycles. The van der Waals surface area contributed by atoms with E-state index in [0.717, 1.165) is 16.9 Å². The van der Waals surface area contributed by atoms with Crippen molar-refractivity contribution in [1.29, 1.82) is 0 Å². The molecule has 0 aliphatic rings. The van der Waals surface area contributed by atoms with Gasteiger partial charge in [-0.15, -0.1) is 11.3 Å². The Morgan fingerprint density at radius 2 is 1.59 bits per heavy atom. The first-order valence-electron chi connectivity index (χ1n) is 8.38. The summed E-state index contributed by atoms with van der Waals surface area (Å²) in [5.74, 6) is -0.271. The number of carbonyl (C=O) groups is 1. The maximum atomic E-state index is 12.6. The van der Waals surface area contributed by atoms with Crippen LogP contribution in [0.2, 0.25) is 5.02 Å². The van der Waals surface area contributed by atoms with Crippen molar-refractivity contribution >= 4 is 28.8 Å². The van der Waals surface area contributed by atoms with Gasteiger partial charge in [0, 0.05) is 21.7 Å². The van der Waals surface area contributed by atoms with Crippen molar-refractivity contribution in [2.75, 3.05) is 0 Å². The van der Waals surface area contributed by atoms with Gasteiger partial charge in [0.05, 0.1) is 5.69 Å². The molecule has 5 heteroatoms.